The van der Waals surface area contributed by atoms with Crippen molar-refractivity contribution in [2.75, 3.05) is 13.1 Å². The number of carbonyl (C=O) groups is 3. The number of Topliss-reactive ketones (excluding diaryl/α,β-unsaturated/α-hetero) is 1. The number of phenolic OH excluding ortho intramolecular Hbond substituents is 1. The molecular weight excluding hydrogens is 530 g/mol. The highest BCUT2D eigenvalue weighted by molar-refractivity contribution is 6.47. The van der Waals surface area contributed by atoms with E-state index in [1.807, 2.05) is 24.8 Å². The van der Waals surface area contributed by atoms with Crippen molar-refractivity contribution in [1.29, 1.82) is 5.41 Å². The predicted molar refractivity (Wildman–Crippen MR) is 166 cm³/mol. The number of allylic oxidation sites excluding steroid dienone is 4. The Morgan fingerprint density at radius 3 is 2.52 bits per heavy atom. The van der Waals surface area contributed by atoms with Gasteiger partial charge in [-0.2, -0.15) is 0 Å². The molecule has 1 aromatic carbocycles. The zero-order chi connectivity index (χ0) is 30.6. The average molecular weight is 572 g/mol. The molecule has 2 aliphatic carbocycles. The second-order valence-corrected chi connectivity index (χ2v) is 12.0. The number of benzene rings is 1. The van der Waals surface area contributed by atoms with E-state index in [1.54, 1.807) is 31.5 Å². The van der Waals surface area contributed by atoms with Crippen LogP contribution >= 0.6 is 0 Å². The number of hydrogen-bond acceptors (Lipinski definition) is 8. The van der Waals surface area contributed by atoms with Gasteiger partial charge in [0.25, 0.3) is 5.91 Å². The van der Waals surface area contributed by atoms with E-state index in [-0.39, 0.29) is 64.9 Å². The molecule has 1 amide bonds. The topological polar surface area (TPSA) is 135 Å². The molecule has 1 saturated carbocycles. The zero-order valence-electron chi connectivity index (χ0n) is 25.2. The van der Waals surface area contributed by atoms with Crippen LogP contribution in [0.4, 0.5) is 0 Å². The Balaban J connectivity index is 1.69. The van der Waals surface area contributed by atoms with Crippen molar-refractivity contribution < 1.29 is 19.5 Å². The number of aromatic hydroxyl groups is 1. The molecule has 9 nitrogen and oxygen atoms in total. The molecule has 0 bridgehead atoms. The van der Waals surface area contributed by atoms with Crippen molar-refractivity contribution in [3.05, 3.63) is 64.5 Å². The van der Waals surface area contributed by atoms with E-state index in [4.69, 9.17) is 5.41 Å². The minimum atomic E-state index is -1.02. The lowest BCUT2D eigenvalue weighted by Crippen LogP contribution is -2.37. The molecular formula is C33H41N5O4. The molecule has 3 N–H and O–H groups in total. The Bertz CT molecular complexity index is 1440. The maximum Gasteiger partial charge on any atom is 0.251 e. The minimum Gasteiger partial charge on any atom is -0.508 e. The van der Waals surface area contributed by atoms with E-state index in [0.717, 1.165) is 5.70 Å². The number of hydrogen-bond donors (Lipinski definition) is 3. The van der Waals surface area contributed by atoms with Gasteiger partial charge in [0.15, 0.2) is 5.78 Å². The number of aryl methyl sites for hydroxylation is 1. The summed E-state index contributed by atoms with van der Waals surface area (Å²) in [6, 6.07) is 2.83. The van der Waals surface area contributed by atoms with Gasteiger partial charge < -0.3 is 20.7 Å². The van der Waals surface area contributed by atoms with Gasteiger partial charge in [-0.25, -0.2) is 9.98 Å². The van der Waals surface area contributed by atoms with Crippen LogP contribution in [0.2, 0.25) is 0 Å². The molecule has 1 aliphatic heterocycles. The Morgan fingerprint density at radius 2 is 1.90 bits per heavy atom. The van der Waals surface area contributed by atoms with Gasteiger partial charge in [-0.15, -0.1) is 0 Å². The van der Waals surface area contributed by atoms with Gasteiger partial charge in [0.1, 0.15) is 11.4 Å². The molecule has 42 heavy (non-hydrogen) atoms. The molecule has 0 spiro atoms. The normalized spacial score (nSPS) is 18.1. The first-order valence-electron chi connectivity index (χ1n) is 14.6. The molecule has 4 rings (SSSR count). The third-order valence-electron chi connectivity index (χ3n) is 7.63. The molecule has 0 aromatic heterocycles. The lowest BCUT2D eigenvalue weighted by molar-refractivity contribution is -0.115. The second kappa shape index (κ2) is 12.8. The third kappa shape index (κ3) is 7.01. The van der Waals surface area contributed by atoms with E-state index < -0.39 is 5.41 Å². The molecule has 0 saturated heterocycles. The Labute approximate surface area is 247 Å². The van der Waals surface area contributed by atoms with Gasteiger partial charge in [-0.1, -0.05) is 26.0 Å². The van der Waals surface area contributed by atoms with Crippen molar-refractivity contribution in [1.82, 2.24) is 10.2 Å². The van der Waals surface area contributed by atoms with Gasteiger partial charge in [0.2, 0.25) is 5.78 Å². The molecule has 0 atom stereocenters. The number of amides is 1. The van der Waals surface area contributed by atoms with Gasteiger partial charge in [-0.05, 0) is 87.8 Å². The molecule has 1 fully saturated rings. The van der Waals surface area contributed by atoms with E-state index in [9.17, 15) is 19.5 Å². The number of aliphatic imine (C=N–C) groups is 2. The zero-order valence-corrected chi connectivity index (χ0v) is 25.2. The first-order chi connectivity index (χ1) is 19.9. The molecule has 0 unspecified atom stereocenters. The smallest absolute Gasteiger partial charge is 0.251 e. The van der Waals surface area contributed by atoms with Crippen LogP contribution in [0.15, 0.2) is 57.8 Å². The van der Waals surface area contributed by atoms with Crippen molar-refractivity contribution in [2.24, 2.45) is 15.9 Å². The molecule has 0 radical (unpaired) electrons. The van der Waals surface area contributed by atoms with E-state index in [2.05, 4.69) is 29.1 Å². The molecule has 9 heteroatoms. The fourth-order valence-electron chi connectivity index (χ4n) is 5.48. The number of carbonyl (C=O) groups excluding carboxylic acids is 3. The summed E-state index contributed by atoms with van der Waals surface area (Å²) in [6.07, 6.45) is 11.1. The van der Waals surface area contributed by atoms with Gasteiger partial charge >= 0.3 is 0 Å². The quantitative estimate of drug-likeness (QED) is 0.322. The number of rotatable bonds is 11. The maximum atomic E-state index is 14.4. The molecule has 222 valence electrons. The summed E-state index contributed by atoms with van der Waals surface area (Å²) in [7, 11) is 0. The highest BCUT2D eigenvalue weighted by Crippen LogP contribution is 2.52. The average Bonchev–Trinajstić information content (AvgIpc) is 3.74. The summed E-state index contributed by atoms with van der Waals surface area (Å²) in [5.41, 5.74) is 2.02. The molecule has 3 aliphatic rings. The van der Waals surface area contributed by atoms with Crippen LogP contribution in [-0.2, 0) is 15.0 Å². The first kappa shape index (κ1) is 30.8. The standard InChI is InChI=1S/C33H41N5O4/c1-20(2)26-11-14-38(19-35-26)18-23(34)16-28(37-27-9-7-6-8-10-29(27)40)31(41)33(12-13-33)30-22(5)15-24(39)17-25(30)32(42)36-21(3)4/h8-11,15,17,19-21,34,39H,6-7,12-14,16,18H2,1-5H3,(H,36,42). The SMILES string of the molecule is Cc1cc(O)cc(C(=O)NC(C)C)c1C1(C(=O)C(CC(=N)CN2C=NC(C(C)C)=CC2)=NC2=CCCC=CC2=O)CC1. The summed E-state index contributed by atoms with van der Waals surface area (Å²) in [4.78, 5) is 51.5. The van der Waals surface area contributed by atoms with Crippen molar-refractivity contribution in [3.8, 4) is 5.75 Å². The highest BCUT2D eigenvalue weighted by Gasteiger charge is 2.55. The van der Waals surface area contributed by atoms with Crippen molar-refractivity contribution in [3.63, 3.8) is 0 Å². The van der Waals surface area contributed by atoms with E-state index >= 15 is 0 Å². The Hall–Kier alpha value is -4.14. The fourth-order valence-corrected chi connectivity index (χ4v) is 5.48. The lowest BCUT2D eigenvalue weighted by Gasteiger charge is -2.25. The summed E-state index contributed by atoms with van der Waals surface area (Å²) in [6.45, 7) is 10.5. The van der Waals surface area contributed by atoms with Gasteiger partial charge in [0.05, 0.1) is 24.0 Å². The number of phenols is 1. The van der Waals surface area contributed by atoms with Crippen LogP contribution < -0.4 is 5.32 Å². The largest absolute Gasteiger partial charge is 0.508 e. The third-order valence-corrected chi connectivity index (χ3v) is 7.63. The Kier molecular flexibility index (Phi) is 9.39. The van der Waals surface area contributed by atoms with Crippen LogP contribution in [0.5, 0.6) is 5.75 Å². The van der Waals surface area contributed by atoms with Crippen LogP contribution in [0.1, 0.15) is 81.3 Å². The first-order valence-corrected chi connectivity index (χ1v) is 14.6. The monoisotopic (exact) mass is 571 g/mol. The van der Waals surface area contributed by atoms with Crippen molar-refractivity contribution >= 4 is 35.2 Å². The van der Waals surface area contributed by atoms with E-state index in [0.29, 0.717) is 49.3 Å². The summed E-state index contributed by atoms with van der Waals surface area (Å²) in [5.74, 6) is -0.682. The number of nitrogens with zero attached hydrogens (tertiary/aromatic N) is 3. The maximum absolute atomic E-state index is 14.4. The van der Waals surface area contributed by atoms with Gasteiger partial charge in [-0.3, -0.25) is 14.4 Å². The Morgan fingerprint density at radius 1 is 1.17 bits per heavy atom. The summed E-state index contributed by atoms with van der Waals surface area (Å²) < 4.78 is 0. The molecule has 1 heterocycles. The highest BCUT2D eigenvalue weighted by atomic mass is 16.3. The van der Waals surface area contributed by atoms with Crippen LogP contribution in [0.3, 0.4) is 0 Å². The van der Waals surface area contributed by atoms with Crippen LogP contribution in [0, 0.1) is 18.3 Å². The summed E-state index contributed by atoms with van der Waals surface area (Å²) >= 11 is 0. The van der Waals surface area contributed by atoms with E-state index in [1.165, 1.54) is 12.1 Å². The fraction of sp³-hybridized carbons (Fsp3) is 0.455. The second-order valence-electron chi connectivity index (χ2n) is 12.0. The number of ketones is 2. The predicted octanol–water partition coefficient (Wildman–Crippen LogP) is 4.98. The van der Waals surface area contributed by atoms with Gasteiger partial charge in [0, 0.05) is 36.0 Å². The van der Waals surface area contributed by atoms with Crippen LogP contribution in [0.25, 0.3) is 0 Å². The summed E-state index contributed by atoms with van der Waals surface area (Å²) in [5, 5.41) is 22.0. The minimum absolute atomic E-state index is 0.0370. The van der Waals surface area contributed by atoms with Crippen LogP contribution in [-0.4, -0.2) is 64.4 Å². The number of nitrogens with one attached hydrogen (secondary N) is 2. The lowest BCUT2D eigenvalue weighted by atomic mass is 9.81. The molecule has 1 aromatic rings. The van der Waals surface area contributed by atoms with Crippen molar-refractivity contribution in [2.45, 2.75) is 78.2 Å².